The third-order valence-electron chi connectivity index (χ3n) is 4.00. The largest absolute Gasteiger partial charge is 0.334 e. The van der Waals surface area contributed by atoms with Crippen LogP contribution in [-0.4, -0.2) is 36.1 Å². The first kappa shape index (κ1) is 16.1. The summed E-state index contributed by atoms with van der Waals surface area (Å²) in [4.78, 5) is 14.4. The Balaban J connectivity index is 1.80. The predicted molar refractivity (Wildman–Crippen MR) is 86.6 cm³/mol. The van der Waals surface area contributed by atoms with E-state index in [0.717, 1.165) is 25.1 Å². The Hall–Kier alpha value is -1.26. The third kappa shape index (κ3) is 4.61. The van der Waals surface area contributed by atoms with Crippen molar-refractivity contribution in [2.45, 2.75) is 45.3 Å². The molecule has 21 heavy (non-hydrogen) atoms. The Morgan fingerprint density at radius 1 is 1.29 bits per heavy atom. The van der Waals surface area contributed by atoms with Gasteiger partial charge in [0.1, 0.15) is 0 Å². The van der Waals surface area contributed by atoms with Gasteiger partial charge in [-0.3, -0.25) is 4.90 Å². The number of carbonyl (C=O) groups excluding carboxylic acids is 1. The summed E-state index contributed by atoms with van der Waals surface area (Å²) >= 11 is 5.87. The van der Waals surface area contributed by atoms with Gasteiger partial charge in [-0.25, -0.2) is 4.79 Å². The molecular weight excluding hydrogens is 286 g/mol. The molecule has 1 saturated heterocycles. The van der Waals surface area contributed by atoms with E-state index < -0.39 is 0 Å². The van der Waals surface area contributed by atoms with Crippen LogP contribution in [0, 0.1) is 0 Å². The molecule has 2 unspecified atom stereocenters. The molecule has 0 radical (unpaired) electrons. The van der Waals surface area contributed by atoms with E-state index in [2.05, 4.69) is 29.4 Å². The zero-order chi connectivity index (χ0) is 15.4. The van der Waals surface area contributed by atoms with E-state index in [4.69, 9.17) is 11.6 Å². The van der Waals surface area contributed by atoms with Gasteiger partial charge >= 0.3 is 6.03 Å². The summed E-state index contributed by atoms with van der Waals surface area (Å²) in [5.74, 6) is 0. The molecule has 116 valence electrons. The fourth-order valence-corrected chi connectivity index (χ4v) is 2.76. The highest BCUT2D eigenvalue weighted by Gasteiger charge is 2.25. The number of carbonyl (C=O) groups is 1. The maximum Gasteiger partial charge on any atom is 0.315 e. The Morgan fingerprint density at radius 3 is 2.52 bits per heavy atom. The number of amides is 2. The van der Waals surface area contributed by atoms with E-state index in [9.17, 15) is 4.79 Å². The molecule has 1 fully saturated rings. The number of benzene rings is 1. The van der Waals surface area contributed by atoms with Crippen LogP contribution in [0.4, 0.5) is 4.79 Å². The van der Waals surface area contributed by atoms with Crippen molar-refractivity contribution in [3.05, 3.63) is 34.9 Å². The Morgan fingerprint density at radius 2 is 1.95 bits per heavy atom. The van der Waals surface area contributed by atoms with Gasteiger partial charge in [-0.15, -0.1) is 0 Å². The number of urea groups is 1. The molecule has 0 bridgehead atoms. The van der Waals surface area contributed by atoms with Gasteiger partial charge in [-0.2, -0.15) is 0 Å². The molecule has 0 saturated carbocycles. The highest BCUT2D eigenvalue weighted by molar-refractivity contribution is 6.30. The fraction of sp³-hybridized carbons (Fsp3) is 0.562. The minimum Gasteiger partial charge on any atom is -0.334 e. The van der Waals surface area contributed by atoms with E-state index >= 15 is 0 Å². The molecule has 0 aliphatic carbocycles. The molecule has 1 aromatic carbocycles. The maximum absolute atomic E-state index is 12.1. The molecule has 0 spiro atoms. The lowest BCUT2D eigenvalue weighted by molar-refractivity contribution is 0.231. The van der Waals surface area contributed by atoms with E-state index in [0.29, 0.717) is 11.1 Å². The van der Waals surface area contributed by atoms with Gasteiger partial charge in [0.2, 0.25) is 0 Å². The molecule has 2 N–H and O–H groups in total. The summed E-state index contributed by atoms with van der Waals surface area (Å²) in [7, 11) is 0. The van der Waals surface area contributed by atoms with Gasteiger partial charge in [-0.1, -0.05) is 23.7 Å². The van der Waals surface area contributed by atoms with Crippen molar-refractivity contribution in [3.63, 3.8) is 0 Å². The standard InChI is InChI=1S/C16H24ClN3O/c1-11(2)20-9-8-15(10-20)19-16(21)18-12(3)13-4-6-14(17)7-5-13/h4-7,11-12,15H,8-10H2,1-3H3,(H2,18,19,21). The summed E-state index contributed by atoms with van der Waals surface area (Å²) in [5.41, 5.74) is 1.05. The maximum atomic E-state index is 12.1. The van der Waals surface area contributed by atoms with Crippen LogP contribution in [0.3, 0.4) is 0 Å². The zero-order valence-corrected chi connectivity index (χ0v) is 13.7. The average Bonchev–Trinajstić information content (AvgIpc) is 2.87. The predicted octanol–water partition coefficient (Wildman–Crippen LogP) is 3.18. The van der Waals surface area contributed by atoms with Crippen LogP contribution in [0.25, 0.3) is 0 Å². The van der Waals surface area contributed by atoms with Gasteiger partial charge in [-0.05, 0) is 44.9 Å². The van der Waals surface area contributed by atoms with E-state index in [1.807, 2.05) is 31.2 Å². The molecule has 2 rings (SSSR count). The first-order valence-corrected chi connectivity index (χ1v) is 7.90. The smallest absolute Gasteiger partial charge is 0.315 e. The topological polar surface area (TPSA) is 44.4 Å². The number of hydrogen-bond donors (Lipinski definition) is 2. The van der Waals surface area contributed by atoms with Crippen molar-refractivity contribution in [3.8, 4) is 0 Å². The first-order valence-electron chi connectivity index (χ1n) is 7.52. The van der Waals surface area contributed by atoms with Crippen molar-refractivity contribution in [2.24, 2.45) is 0 Å². The van der Waals surface area contributed by atoms with Crippen LogP contribution in [-0.2, 0) is 0 Å². The minimum atomic E-state index is -0.104. The van der Waals surface area contributed by atoms with E-state index in [-0.39, 0.29) is 18.1 Å². The summed E-state index contributed by atoms with van der Waals surface area (Å²) < 4.78 is 0. The fourth-order valence-electron chi connectivity index (χ4n) is 2.63. The van der Waals surface area contributed by atoms with Gasteiger partial charge in [0.15, 0.2) is 0 Å². The molecule has 5 heteroatoms. The Kier molecular flexibility index (Phi) is 5.48. The lowest BCUT2D eigenvalue weighted by Crippen LogP contribution is -2.44. The molecule has 1 aromatic rings. The highest BCUT2D eigenvalue weighted by atomic mass is 35.5. The molecule has 1 heterocycles. The van der Waals surface area contributed by atoms with Gasteiger partial charge < -0.3 is 10.6 Å². The molecular formula is C16H24ClN3O. The van der Waals surface area contributed by atoms with Crippen LogP contribution in [0.1, 0.15) is 38.8 Å². The second-order valence-electron chi connectivity index (χ2n) is 5.97. The van der Waals surface area contributed by atoms with Crippen molar-refractivity contribution < 1.29 is 4.79 Å². The lowest BCUT2D eigenvalue weighted by Gasteiger charge is -2.21. The average molecular weight is 310 g/mol. The van der Waals surface area contributed by atoms with Crippen LogP contribution in [0.2, 0.25) is 5.02 Å². The Bertz CT molecular complexity index is 475. The molecule has 4 nitrogen and oxygen atoms in total. The van der Waals surface area contributed by atoms with Crippen molar-refractivity contribution in [2.75, 3.05) is 13.1 Å². The number of likely N-dealkylation sites (tertiary alicyclic amines) is 1. The third-order valence-corrected chi connectivity index (χ3v) is 4.25. The highest BCUT2D eigenvalue weighted by Crippen LogP contribution is 2.16. The molecule has 0 aromatic heterocycles. The summed E-state index contributed by atoms with van der Waals surface area (Å²) in [6.07, 6.45) is 1.01. The Labute approximate surface area is 131 Å². The molecule has 1 aliphatic rings. The molecule has 2 amide bonds. The SMILES string of the molecule is CC(NC(=O)NC1CCN(C(C)C)C1)c1ccc(Cl)cc1. The summed E-state index contributed by atoms with van der Waals surface area (Å²) in [5, 5.41) is 6.74. The normalized spacial score (nSPS) is 20.5. The summed E-state index contributed by atoms with van der Waals surface area (Å²) in [6.45, 7) is 8.32. The number of rotatable bonds is 4. The summed E-state index contributed by atoms with van der Waals surface area (Å²) in [6, 6.07) is 8.18. The number of halogens is 1. The zero-order valence-electron chi connectivity index (χ0n) is 12.9. The van der Waals surface area contributed by atoms with Gasteiger partial charge in [0, 0.05) is 30.2 Å². The first-order chi connectivity index (χ1) is 9.95. The van der Waals surface area contributed by atoms with Crippen molar-refractivity contribution in [1.82, 2.24) is 15.5 Å². The van der Waals surface area contributed by atoms with E-state index in [1.54, 1.807) is 0 Å². The second-order valence-corrected chi connectivity index (χ2v) is 6.40. The van der Waals surface area contributed by atoms with Crippen LogP contribution in [0.15, 0.2) is 24.3 Å². The van der Waals surface area contributed by atoms with E-state index in [1.165, 1.54) is 0 Å². The van der Waals surface area contributed by atoms with Gasteiger partial charge in [0.05, 0.1) is 6.04 Å². The molecule has 1 aliphatic heterocycles. The lowest BCUT2D eigenvalue weighted by atomic mass is 10.1. The van der Waals surface area contributed by atoms with Crippen LogP contribution < -0.4 is 10.6 Å². The number of nitrogens with one attached hydrogen (secondary N) is 2. The monoisotopic (exact) mass is 309 g/mol. The van der Waals surface area contributed by atoms with Crippen LogP contribution >= 0.6 is 11.6 Å². The number of nitrogens with zero attached hydrogens (tertiary/aromatic N) is 1. The molecule has 2 atom stereocenters. The van der Waals surface area contributed by atoms with Crippen molar-refractivity contribution in [1.29, 1.82) is 0 Å². The second kappa shape index (κ2) is 7.14. The van der Waals surface area contributed by atoms with Crippen LogP contribution in [0.5, 0.6) is 0 Å². The van der Waals surface area contributed by atoms with Crippen molar-refractivity contribution >= 4 is 17.6 Å². The number of hydrogen-bond acceptors (Lipinski definition) is 2. The minimum absolute atomic E-state index is 0.0372. The van der Waals surface area contributed by atoms with Gasteiger partial charge in [0.25, 0.3) is 0 Å². The quantitative estimate of drug-likeness (QED) is 0.897.